The Labute approximate surface area is 135 Å². The van der Waals surface area contributed by atoms with Crippen LogP contribution in [0.2, 0.25) is 0 Å². The second-order valence-corrected chi connectivity index (χ2v) is 5.48. The van der Waals surface area contributed by atoms with Crippen LogP contribution in [0.25, 0.3) is 0 Å². The lowest BCUT2D eigenvalue weighted by atomic mass is 10.3. The van der Waals surface area contributed by atoms with E-state index in [4.69, 9.17) is 4.74 Å². The van der Waals surface area contributed by atoms with Gasteiger partial charge in [-0.25, -0.2) is 8.78 Å². The Hall–Kier alpha value is -2.41. The smallest absolute Gasteiger partial charge is 0.316 e. The van der Waals surface area contributed by atoms with Gasteiger partial charge in [-0.1, -0.05) is 18.2 Å². The highest BCUT2D eigenvalue weighted by Crippen LogP contribution is 2.17. The minimum atomic E-state index is -0.899. The van der Waals surface area contributed by atoms with Gasteiger partial charge in [0.05, 0.1) is 11.4 Å². The first-order valence-corrected chi connectivity index (χ1v) is 7.61. The second kappa shape index (κ2) is 8.28. The van der Waals surface area contributed by atoms with E-state index >= 15 is 0 Å². The van der Waals surface area contributed by atoms with Crippen molar-refractivity contribution in [2.24, 2.45) is 0 Å². The van der Waals surface area contributed by atoms with Gasteiger partial charge in [-0.2, -0.15) is 0 Å². The van der Waals surface area contributed by atoms with Gasteiger partial charge < -0.3 is 10.1 Å². The van der Waals surface area contributed by atoms with Gasteiger partial charge in [-0.3, -0.25) is 9.59 Å². The Morgan fingerprint density at radius 3 is 2.52 bits per heavy atom. The molecule has 7 heteroatoms. The molecule has 0 aliphatic heterocycles. The SMILES string of the molecule is O=C(COC(=O)CSc1ccccc1)Nc1ccc(F)cc1F. The highest BCUT2D eigenvalue weighted by molar-refractivity contribution is 8.00. The summed E-state index contributed by atoms with van der Waals surface area (Å²) >= 11 is 1.28. The first-order chi connectivity index (χ1) is 11.0. The van der Waals surface area contributed by atoms with Crippen LogP contribution < -0.4 is 5.32 Å². The van der Waals surface area contributed by atoms with Crippen LogP contribution in [0.1, 0.15) is 0 Å². The van der Waals surface area contributed by atoms with Crippen LogP contribution in [0.4, 0.5) is 14.5 Å². The van der Waals surface area contributed by atoms with E-state index in [0.717, 1.165) is 17.0 Å². The van der Waals surface area contributed by atoms with Gasteiger partial charge in [-0.15, -0.1) is 11.8 Å². The molecule has 2 aromatic rings. The van der Waals surface area contributed by atoms with E-state index in [0.29, 0.717) is 6.07 Å². The van der Waals surface area contributed by atoms with Crippen molar-refractivity contribution in [2.45, 2.75) is 4.90 Å². The summed E-state index contributed by atoms with van der Waals surface area (Å²) in [5, 5.41) is 2.20. The molecule has 2 aromatic carbocycles. The molecule has 0 saturated carbocycles. The number of ether oxygens (including phenoxy) is 1. The molecule has 0 radical (unpaired) electrons. The normalized spacial score (nSPS) is 10.2. The Balaban J connectivity index is 1.74. The lowest BCUT2D eigenvalue weighted by Crippen LogP contribution is -2.22. The quantitative estimate of drug-likeness (QED) is 0.649. The molecule has 0 unspecified atom stereocenters. The number of carbonyl (C=O) groups excluding carboxylic acids is 2. The number of nitrogens with one attached hydrogen (secondary N) is 1. The van der Waals surface area contributed by atoms with Gasteiger partial charge in [0.1, 0.15) is 11.6 Å². The number of hydrogen-bond acceptors (Lipinski definition) is 4. The monoisotopic (exact) mass is 337 g/mol. The fourth-order valence-corrected chi connectivity index (χ4v) is 2.34. The molecule has 4 nitrogen and oxygen atoms in total. The largest absolute Gasteiger partial charge is 0.455 e. The Morgan fingerprint density at radius 1 is 1.09 bits per heavy atom. The number of anilines is 1. The minimum Gasteiger partial charge on any atom is -0.455 e. The van der Waals surface area contributed by atoms with Crippen LogP contribution in [-0.4, -0.2) is 24.2 Å². The van der Waals surface area contributed by atoms with Gasteiger partial charge >= 0.3 is 5.97 Å². The fraction of sp³-hybridized carbons (Fsp3) is 0.125. The predicted molar refractivity (Wildman–Crippen MR) is 83.1 cm³/mol. The van der Waals surface area contributed by atoms with Crippen LogP contribution in [0.5, 0.6) is 0 Å². The van der Waals surface area contributed by atoms with Gasteiger partial charge in [-0.05, 0) is 24.3 Å². The van der Waals surface area contributed by atoms with Crippen LogP contribution >= 0.6 is 11.8 Å². The average Bonchev–Trinajstić information content (AvgIpc) is 2.54. The van der Waals surface area contributed by atoms with Crippen molar-refractivity contribution >= 4 is 29.3 Å². The Bertz CT molecular complexity index is 695. The topological polar surface area (TPSA) is 55.4 Å². The molecule has 120 valence electrons. The minimum absolute atomic E-state index is 0.0577. The molecule has 1 amide bonds. The zero-order valence-electron chi connectivity index (χ0n) is 11.9. The van der Waals surface area contributed by atoms with Crippen molar-refractivity contribution < 1.29 is 23.1 Å². The standard InChI is InChI=1S/C16H13F2NO3S/c17-11-6-7-14(13(18)8-11)19-15(20)9-22-16(21)10-23-12-4-2-1-3-5-12/h1-8H,9-10H2,(H,19,20). The molecule has 0 spiro atoms. The molecular weight excluding hydrogens is 324 g/mol. The third-order valence-corrected chi connectivity index (χ3v) is 3.65. The molecule has 1 N–H and O–H groups in total. The van der Waals surface area contributed by atoms with Crippen molar-refractivity contribution in [3.8, 4) is 0 Å². The fourth-order valence-electron chi connectivity index (χ4n) is 1.62. The van der Waals surface area contributed by atoms with Gasteiger partial charge in [0.15, 0.2) is 6.61 Å². The second-order valence-electron chi connectivity index (χ2n) is 4.43. The summed E-state index contributed by atoms with van der Waals surface area (Å²) < 4.78 is 30.9. The number of benzene rings is 2. The van der Waals surface area contributed by atoms with Crippen LogP contribution in [0.15, 0.2) is 53.4 Å². The van der Waals surface area contributed by atoms with E-state index in [-0.39, 0.29) is 11.4 Å². The average molecular weight is 337 g/mol. The number of hydrogen-bond donors (Lipinski definition) is 1. The third-order valence-electron chi connectivity index (χ3n) is 2.67. The maximum Gasteiger partial charge on any atom is 0.316 e. The maximum absolute atomic E-state index is 13.4. The summed E-state index contributed by atoms with van der Waals surface area (Å²) in [5.74, 6) is -2.85. The molecule has 0 bridgehead atoms. The molecule has 0 saturated heterocycles. The van der Waals surface area contributed by atoms with Crippen molar-refractivity contribution in [1.29, 1.82) is 0 Å². The summed E-state index contributed by atoms with van der Waals surface area (Å²) in [6.07, 6.45) is 0. The number of halogens is 2. The van der Waals surface area contributed by atoms with Crippen molar-refractivity contribution in [1.82, 2.24) is 0 Å². The highest BCUT2D eigenvalue weighted by Gasteiger charge is 2.11. The molecule has 0 fully saturated rings. The van der Waals surface area contributed by atoms with E-state index in [1.807, 2.05) is 30.3 Å². The van der Waals surface area contributed by atoms with Crippen LogP contribution in [0, 0.1) is 11.6 Å². The lowest BCUT2D eigenvalue weighted by molar-refractivity contribution is -0.144. The number of carbonyl (C=O) groups is 2. The van der Waals surface area contributed by atoms with Gasteiger partial charge in [0.25, 0.3) is 5.91 Å². The molecular formula is C16H13F2NO3S. The predicted octanol–water partition coefficient (Wildman–Crippen LogP) is 3.24. The molecule has 0 atom stereocenters. The zero-order valence-corrected chi connectivity index (χ0v) is 12.7. The van der Waals surface area contributed by atoms with Crippen molar-refractivity contribution in [2.75, 3.05) is 17.7 Å². The van der Waals surface area contributed by atoms with Crippen LogP contribution in [0.3, 0.4) is 0 Å². The Morgan fingerprint density at radius 2 is 1.83 bits per heavy atom. The van der Waals surface area contributed by atoms with E-state index < -0.39 is 30.1 Å². The zero-order chi connectivity index (χ0) is 16.7. The van der Waals surface area contributed by atoms with Crippen molar-refractivity contribution in [3.63, 3.8) is 0 Å². The van der Waals surface area contributed by atoms with Crippen molar-refractivity contribution in [3.05, 3.63) is 60.2 Å². The first-order valence-electron chi connectivity index (χ1n) is 6.63. The van der Waals surface area contributed by atoms with Crippen LogP contribution in [-0.2, 0) is 14.3 Å². The highest BCUT2D eigenvalue weighted by atomic mass is 32.2. The van der Waals surface area contributed by atoms with E-state index in [2.05, 4.69) is 5.32 Å². The first kappa shape index (κ1) is 17.0. The molecule has 0 aromatic heterocycles. The third kappa shape index (κ3) is 5.71. The summed E-state index contributed by atoms with van der Waals surface area (Å²) in [7, 11) is 0. The molecule has 0 aliphatic carbocycles. The van der Waals surface area contributed by atoms with Gasteiger partial charge in [0, 0.05) is 11.0 Å². The van der Waals surface area contributed by atoms with E-state index in [1.54, 1.807) is 0 Å². The number of amides is 1. The summed E-state index contributed by atoms with van der Waals surface area (Å²) in [6, 6.07) is 12.0. The number of rotatable bonds is 6. The van der Waals surface area contributed by atoms with Gasteiger partial charge in [0.2, 0.25) is 0 Å². The summed E-state index contributed by atoms with van der Waals surface area (Å²) in [4.78, 5) is 24.0. The number of esters is 1. The molecule has 0 heterocycles. The lowest BCUT2D eigenvalue weighted by Gasteiger charge is -2.07. The molecule has 23 heavy (non-hydrogen) atoms. The van der Waals surface area contributed by atoms with E-state index in [9.17, 15) is 18.4 Å². The van der Waals surface area contributed by atoms with E-state index in [1.165, 1.54) is 11.8 Å². The maximum atomic E-state index is 13.4. The Kier molecular flexibility index (Phi) is 6.10. The summed E-state index contributed by atoms with van der Waals surface area (Å²) in [6.45, 7) is -0.537. The molecule has 2 rings (SSSR count). The number of thioether (sulfide) groups is 1. The summed E-state index contributed by atoms with van der Waals surface area (Å²) in [5.41, 5.74) is -0.175. The molecule has 0 aliphatic rings.